The molecule has 0 saturated heterocycles. The van der Waals surface area contributed by atoms with E-state index in [2.05, 4.69) is 31.7 Å². The van der Waals surface area contributed by atoms with Crippen molar-refractivity contribution in [3.63, 3.8) is 0 Å². The van der Waals surface area contributed by atoms with Crippen LogP contribution in [0, 0.1) is 0 Å². The molecule has 1 aromatic heterocycles. The van der Waals surface area contributed by atoms with Crippen LogP contribution >= 0.6 is 15.9 Å². The van der Waals surface area contributed by atoms with E-state index in [4.69, 9.17) is 4.74 Å². The highest BCUT2D eigenvalue weighted by molar-refractivity contribution is 9.10. The summed E-state index contributed by atoms with van der Waals surface area (Å²) in [5.41, 5.74) is 1.83. The maximum Gasteiger partial charge on any atom is 0.240 e. The van der Waals surface area contributed by atoms with Gasteiger partial charge in [0.1, 0.15) is 17.0 Å². The van der Waals surface area contributed by atoms with Gasteiger partial charge in [-0.25, -0.2) is 4.68 Å². The molecule has 2 aliphatic heterocycles. The first kappa shape index (κ1) is 17.0. The fourth-order valence-corrected chi connectivity index (χ4v) is 4.35. The molecule has 0 bridgehead atoms. The number of hydrogen-bond donors (Lipinski definition) is 2. The van der Waals surface area contributed by atoms with Crippen LogP contribution in [0.3, 0.4) is 0 Å². The predicted molar refractivity (Wildman–Crippen MR) is 107 cm³/mol. The Labute approximate surface area is 168 Å². The largest absolute Gasteiger partial charge is 0.497 e. The Bertz CT molecular complexity index is 1140. The predicted octanol–water partition coefficient (Wildman–Crippen LogP) is 3.22. The van der Waals surface area contributed by atoms with Gasteiger partial charge in [0, 0.05) is 22.1 Å². The average molecular weight is 439 g/mol. The van der Waals surface area contributed by atoms with E-state index in [1.165, 1.54) is 0 Å². The number of hydrogen-bond acceptors (Lipinski definition) is 4. The zero-order valence-electron chi connectivity index (χ0n) is 14.8. The fraction of sp³-hybridized carbons (Fsp3) is 0.150. The summed E-state index contributed by atoms with van der Waals surface area (Å²) in [6.07, 6.45) is 1.69. The summed E-state index contributed by atoms with van der Waals surface area (Å²) < 4.78 is 7.68. The maximum absolute atomic E-state index is 13.1. The van der Waals surface area contributed by atoms with Gasteiger partial charge in [-0.3, -0.25) is 9.59 Å². The molecule has 1 spiro atoms. The van der Waals surface area contributed by atoms with Crippen LogP contribution in [0.1, 0.15) is 17.5 Å². The second-order valence-corrected chi connectivity index (χ2v) is 7.71. The molecule has 140 valence electrons. The van der Waals surface area contributed by atoms with Gasteiger partial charge in [0.15, 0.2) is 0 Å². The summed E-state index contributed by atoms with van der Waals surface area (Å²) in [5.74, 6) is 0.778. The Morgan fingerprint density at radius 3 is 2.64 bits per heavy atom. The van der Waals surface area contributed by atoms with Crippen molar-refractivity contribution in [1.82, 2.24) is 9.78 Å². The zero-order chi connectivity index (χ0) is 19.5. The molecule has 3 aromatic rings. The minimum atomic E-state index is -1.10. The molecule has 2 aromatic carbocycles. The van der Waals surface area contributed by atoms with Crippen molar-refractivity contribution in [2.24, 2.45) is 0 Å². The van der Waals surface area contributed by atoms with Gasteiger partial charge < -0.3 is 15.4 Å². The monoisotopic (exact) mass is 438 g/mol. The summed E-state index contributed by atoms with van der Waals surface area (Å²) in [5, 5.41) is 10.3. The van der Waals surface area contributed by atoms with Crippen LogP contribution in [0.2, 0.25) is 0 Å². The minimum Gasteiger partial charge on any atom is -0.497 e. The molecular weight excluding hydrogens is 424 g/mol. The van der Waals surface area contributed by atoms with E-state index in [-0.39, 0.29) is 18.2 Å². The number of nitrogens with one attached hydrogen (secondary N) is 2. The first-order valence-corrected chi connectivity index (χ1v) is 9.46. The summed E-state index contributed by atoms with van der Waals surface area (Å²) in [6.45, 7) is 0. The van der Waals surface area contributed by atoms with E-state index >= 15 is 0 Å². The standard InChI is InChI=1S/C20H15BrN4O3/c1-28-13-5-3-12(4-6-13)25-18-15(10-22-25)20(9-17(26)24-18)14-8-11(21)2-7-16(14)23-19(20)27/h2-8,10H,9H2,1H3,(H,23,27)(H,24,26)/t20-/m0/s1. The Morgan fingerprint density at radius 1 is 1.11 bits per heavy atom. The number of nitrogens with zero attached hydrogens (tertiary/aromatic N) is 2. The van der Waals surface area contributed by atoms with Crippen molar-refractivity contribution in [2.75, 3.05) is 17.7 Å². The van der Waals surface area contributed by atoms with Crippen molar-refractivity contribution in [2.45, 2.75) is 11.8 Å². The van der Waals surface area contributed by atoms with E-state index in [1.54, 1.807) is 18.0 Å². The first-order valence-electron chi connectivity index (χ1n) is 8.67. The number of amides is 2. The lowest BCUT2D eigenvalue weighted by molar-refractivity contribution is -0.125. The summed E-state index contributed by atoms with van der Waals surface area (Å²) in [7, 11) is 1.60. The highest BCUT2D eigenvalue weighted by Crippen LogP contribution is 2.50. The lowest BCUT2D eigenvalue weighted by atomic mass is 9.72. The van der Waals surface area contributed by atoms with Crippen LogP contribution in [0.25, 0.3) is 5.69 Å². The third-order valence-corrected chi connectivity index (χ3v) is 5.80. The van der Waals surface area contributed by atoms with Crippen molar-refractivity contribution in [1.29, 1.82) is 0 Å². The van der Waals surface area contributed by atoms with E-state index in [1.807, 2.05) is 42.5 Å². The molecule has 2 N–H and O–H groups in total. The molecule has 0 saturated carbocycles. The van der Waals surface area contributed by atoms with Crippen LogP contribution < -0.4 is 15.4 Å². The van der Waals surface area contributed by atoms with Crippen LogP contribution in [0.15, 0.2) is 53.1 Å². The second-order valence-electron chi connectivity index (χ2n) is 6.79. The molecule has 2 amide bonds. The molecule has 0 aliphatic carbocycles. The normalized spacial score (nSPS) is 19.8. The van der Waals surface area contributed by atoms with Crippen molar-refractivity contribution in [3.05, 3.63) is 64.3 Å². The number of benzene rings is 2. The van der Waals surface area contributed by atoms with Crippen LogP contribution in [0.4, 0.5) is 11.5 Å². The summed E-state index contributed by atoms with van der Waals surface area (Å²) >= 11 is 3.47. The molecule has 0 fully saturated rings. The van der Waals surface area contributed by atoms with Gasteiger partial charge >= 0.3 is 0 Å². The van der Waals surface area contributed by atoms with E-state index in [0.29, 0.717) is 17.1 Å². The van der Waals surface area contributed by atoms with Crippen LogP contribution in [-0.2, 0) is 15.0 Å². The maximum atomic E-state index is 13.1. The SMILES string of the molecule is COc1ccc(-n2ncc3c2NC(=O)C[C@@]32C(=O)Nc3ccc(Br)cc32)cc1. The average Bonchev–Trinajstić information content (AvgIpc) is 3.22. The number of methoxy groups -OCH3 is 1. The van der Waals surface area contributed by atoms with Crippen LogP contribution in [0.5, 0.6) is 5.75 Å². The molecule has 1 atom stereocenters. The summed E-state index contributed by atoms with van der Waals surface area (Å²) in [6, 6.07) is 12.9. The molecule has 3 heterocycles. The number of fused-ring (bicyclic) bond motifs is 4. The van der Waals surface area contributed by atoms with Gasteiger partial charge in [-0.2, -0.15) is 5.10 Å². The number of rotatable bonds is 2. The second kappa shape index (κ2) is 5.93. The number of anilines is 2. The smallest absolute Gasteiger partial charge is 0.240 e. The highest BCUT2D eigenvalue weighted by atomic mass is 79.9. The van der Waals surface area contributed by atoms with Gasteiger partial charge in [-0.05, 0) is 48.0 Å². The first-order chi connectivity index (χ1) is 13.5. The van der Waals surface area contributed by atoms with E-state index < -0.39 is 5.41 Å². The highest BCUT2D eigenvalue weighted by Gasteiger charge is 2.54. The molecule has 28 heavy (non-hydrogen) atoms. The number of halogens is 1. The van der Waals surface area contributed by atoms with Crippen molar-refractivity contribution in [3.8, 4) is 11.4 Å². The Balaban J connectivity index is 1.72. The van der Waals surface area contributed by atoms with Gasteiger partial charge in [0.25, 0.3) is 0 Å². The lowest BCUT2D eigenvalue weighted by Crippen LogP contribution is -2.43. The molecule has 0 unspecified atom stereocenters. The Kier molecular flexibility index (Phi) is 3.60. The van der Waals surface area contributed by atoms with Gasteiger partial charge in [0.05, 0.1) is 19.0 Å². The topological polar surface area (TPSA) is 85.2 Å². The Hall–Kier alpha value is -3.13. The van der Waals surface area contributed by atoms with Crippen LogP contribution in [-0.4, -0.2) is 28.7 Å². The summed E-state index contributed by atoms with van der Waals surface area (Å²) in [4.78, 5) is 25.7. The number of carbonyl (C=O) groups is 2. The lowest BCUT2D eigenvalue weighted by Gasteiger charge is -2.31. The van der Waals surface area contributed by atoms with E-state index in [0.717, 1.165) is 21.5 Å². The molecule has 2 aliphatic rings. The van der Waals surface area contributed by atoms with Crippen molar-refractivity contribution < 1.29 is 14.3 Å². The van der Waals surface area contributed by atoms with E-state index in [9.17, 15) is 9.59 Å². The zero-order valence-corrected chi connectivity index (χ0v) is 16.4. The Morgan fingerprint density at radius 2 is 1.89 bits per heavy atom. The molecule has 7 nitrogen and oxygen atoms in total. The number of aromatic nitrogens is 2. The minimum absolute atomic E-state index is 0.0313. The van der Waals surface area contributed by atoms with Crippen molar-refractivity contribution >= 4 is 39.2 Å². The quantitative estimate of drug-likeness (QED) is 0.642. The molecular formula is C20H15BrN4O3. The van der Waals surface area contributed by atoms with Gasteiger partial charge in [-0.15, -0.1) is 0 Å². The van der Waals surface area contributed by atoms with Gasteiger partial charge in [-0.1, -0.05) is 15.9 Å². The third-order valence-electron chi connectivity index (χ3n) is 5.31. The fourth-order valence-electron chi connectivity index (χ4n) is 3.99. The van der Waals surface area contributed by atoms with Gasteiger partial charge in [0.2, 0.25) is 11.8 Å². The molecule has 5 rings (SSSR count). The number of ether oxygens (including phenoxy) is 1. The third kappa shape index (κ3) is 2.24. The molecule has 8 heteroatoms. The number of carbonyl (C=O) groups excluding carboxylic acids is 2. The molecule has 0 radical (unpaired) electrons.